The lowest BCUT2D eigenvalue weighted by atomic mass is 10.1. The Balaban J connectivity index is 2.58. The van der Waals surface area contributed by atoms with Crippen LogP contribution >= 0.6 is 11.6 Å². The largest absolute Gasteiger partial charge is 0.352 e. The van der Waals surface area contributed by atoms with Crippen LogP contribution in [-0.2, 0) is 0 Å². The maximum atomic E-state index is 13.4. The number of nitrogens with one attached hydrogen (secondary N) is 2. The molecule has 0 saturated carbocycles. The number of hydrogen-bond acceptors (Lipinski definition) is 2. The topological polar surface area (TPSA) is 41.1 Å². The van der Waals surface area contributed by atoms with Crippen LogP contribution in [0.5, 0.6) is 0 Å². The zero-order valence-electron chi connectivity index (χ0n) is 9.89. The Morgan fingerprint density at radius 3 is 2.76 bits per heavy atom. The molecule has 94 valence electrons. The Morgan fingerprint density at radius 2 is 2.18 bits per heavy atom. The molecule has 1 rings (SSSR count). The molecule has 1 amide bonds. The standard InChI is InChI=1S/C12H16ClFN2O/c1-8(6-15-2)7-16-12(17)10-4-3-9(13)5-11(10)14/h3-5,8,15H,6-7H2,1-2H3,(H,16,17). The maximum absolute atomic E-state index is 13.4. The second kappa shape index (κ2) is 6.57. The van der Waals surface area contributed by atoms with Crippen molar-refractivity contribution < 1.29 is 9.18 Å². The summed E-state index contributed by atoms with van der Waals surface area (Å²) in [5.74, 6) is -0.724. The SMILES string of the molecule is CNCC(C)CNC(=O)c1ccc(Cl)cc1F. The summed E-state index contributed by atoms with van der Waals surface area (Å²) in [5, 5.41) is 5.97. The highest BCUT2D eigenvalue weighted by Gasteiger charge is 2.12. The van der Waals surface area contributed by atoms with Gasteiger partial charge < -0.3 is 10.6 Å². The second-order valence-electron chi connectivity index (χ2n) is 4.00. The van der Waals surface area contributed by atoms with E-state index in [1.165, 1.54) is 12.1 Å². The van der Waals surface area contributed by atoms with Crippen LogP contribution in [0.1, 0.15) is 17.3 Å². The van der Waals surface area contributed by atoms with E-state index in [2.05, 4.69) is 10.6 Å². The first-order valence-corrected chi connectivity index (χ1v) is 5.80. The van der Waals surface area contributed by atoms with Gasteiger partial charge in [-0.3, -0.25) is 4.79 Å². The summed E-state index contributed by atoms with van der Waals surface area (Å²) in [4.78, 5) is 11.7. The van der Waals surface area contributed by atoms with Crippen LogP contribution < -0.4 is 10.6 Å². The summed E-state index contributed by atoms with van der Waals surface area (Å²) in [5.41, 5.74) is 0.0195. The van der Waals surface area contributed by atoms with Crippen LogP contribution in [0.15, 0.2) is 18.2 Å². The molecule has 0 fully saturated rings. The minimum atomic E-state index is -0.601. The lowest BCUT2D eigenvalue weighted by Gasteiger charge is -2.12. The molecule has 0 aromatic heterocycles. The fourth-order valence-electron chi connectivity index (χ4n) is 1.46. The summed E-state index contributed by atoms with van der Waals surface area (Å²) < 4.78 is 13.4. The number of rotatable bonds is 5. The summed E-state index contributed by atoms with van der Waals surface area (Å²) in [6, 6.07) is 4.01. The zero-order chi connectivity index (χ0) is 12.8. The average molecular weight is 259 g/mol. The maximum Gasteiger partial charge on any atom is 0.254 e. The minimum absolute atomic E-state index is 0.0195. The van der Waals surface area contributed by atoms with Gasteiger partial charge in [-0.15, -0.1) is 0 Å². The molecule has 0 bridgehead atoms. The average Bonchev–Trinajstić information content (AvgIpc) is 2.26. The molecule has 0 aliphatic carbocycles. The summed E-state index contributed by atoms with van der Waals surface area (Å²) in [7, 11) is 1.84. The third-order valence-electron chi connectivity index (χ3n) is 2.34. The predicted octanol–water partition coefficient (Wildman–Crippen LogP) is 2.06. The monoisotopic (exact) mass is 258 g/mol. The van der Waals surface area contributed by atoms with Gasteiger partial charge >= 0.3 is 0 Å². The van der Waals surface area contributed by atoms with Crippen molar-refractivity contribution in [3.63, 3.8) is 0 Å². The Hall–Kier alpha value is -1.13. The van der Waals surface area contributed by atoms with E-state index in [0.29, 0.717) is 12.5 Å². The highest BCUT2D eigenvalue weighted by atomic mass is 35.5. The molecule has 0 saturated heterocycles. The van der Waals surface area contributed by atoms with Crippen LogP contribution in [0.2, 0.25) is 5.02 Å². The van der Waals surface area contributed by atoms with Gasteiger partial charge in [-0.05, 0) is 37.7 Å². The molecule has 1 unspecified atom stereocenters. The normalized spacial score (nSPS) is 12.2. The molecule has 0 radical (unpaired) electrons. The van der Waals surface area contributed by atoms with Gasteiger partial charge in [0.2, 0.25) is 0 Å². The molecule has 5 heteroatoms. The van der Waals surface area contributed by atoms with Gasteiger partial charge in [0.25, 0.3) is 5.91 Å². The summed E-state index contributed by atoms with van der Waals surface area (Å²) in [6.07, 6.45) is 0. The molecule has 17 heavy (non-hydrogen) atoms. The number of benzene rings is 1. The smallest absolute Gasteiger partial charge is 0.254 e. The lowest BCUT2D eigenvalue weighted by Crippen LogP contribution is -2.32. The van der Waals surface area contributed by atoms with E-state index in [-0.39, 0.29) is 10.6 Å². The lowest BCUT2D eigenvalue weighted by molar-refractivity contribution is 0.0944. The number of carbonyl (C=O) groups excluding carboxylic acids is 1. The molecule has 1 atom stereocenters. The first-order valence-electron chi connectivity index (χ1n) is 5.42. The van der Waals surface area contributed by atoms with Crippen LogP contribution in [0.4, 0.5) is 4.39 Å². The second-order valence-corrected chi connectivity index (χ2v) is 4.43. The van der Waals surface area contributed by atoms with Gasteiger partial charge in [-0.2, -0.15) is 0 Å². The molecule has 3 nitrogen and oxygen atoms in total. The van der Waals surface area contributed by atoms with E-state index in [9.17, 15) is 9.18 Å². The Labute approximate surface area is 105 Å². The van der Waals surface area contributed by atoms with Crippen molar-refractivity contribution in [3.8, 4) is 0 Å². The minimum Gasteiger partial charge on any atom is -0.352 e. The van der Waals surface area contributed by atoms with Gasteiger partial charge in [0.15, 0.2) is 0 Å². The van der Waals surface area contributed by atoms with E-state index in [1.807, 2.05) is 14.0 Å². The quantitative estimate of drug-likeness (QED) is 0.849. The third-order valence-corrected chi connectivity index (χ3v) is 2.57. The molecule has 0 aliphatic rings. The highest BCUT2D eigenvalue weighted by Crippen LogP contribution is 2.14. The van der Waals surface area contributed by atoms with Crippen molar-refractivity contribution in [1.29, 1.82) is 0 Å². The zero-order valence-corrected chi connectivity index (χ0v) is 10.6. The van der Waals surface area contributed by atoms with Crippen molar-refractivity contribution in [3.05, 3.63) is 34.6 Å². The van der Waals surface area contributed by atoms with Gasteiger partial charge in [0.05, 0.1) is 5.56 Å². The molecular weight excluding hydrogens is 243 g/mol. The molecular formula is C12H16ClFN2O. The number of hydrogen-bond donors (Lipinski definition) is 2. The van der Waals surface area contributed by atoms with E-state index in [0.717, 1.165) is 12.6 Å². The molecule has 0 aliphatic heterocycles. The summed E-state index contributed by atoms with van der Waals surface area (Å²) in [6.45, 7) is 3.29. The summed E-state index contributed by atoms with van der Waals surface area (Å²) >= 11 is 5.61. The number of halogens is 2. The van der Waals surface area contributed by atoms with Crippen molar-refractivity contribution in [2.75, 3.05) is 20.1 Å². The van der Waals surface area contributed by atoms with Crippen LogP contribution in [0.25, 0.3) is 0 Å². The Bertz CT molecular complexity index is 398. The Kier molecular flexibility index (Phi) is 5.38. The van der Waals surface area contributed by atoms with Crippen molar-refractivity contribution in [2.45, 2.75) is 6.92 Å². The van der Waals surface area contributed by atoms with Crippen molar-refractivity contribution >= 4 is 17.5 Å². The fourth-order valence-corrected chi connectivity index (χ4v) is 1.62. The predicted molar refractivity (Wildman–Crippen MR) is 66.8 cm³/mol. The van der Waals surface area contributed by atoms with Gasteiger partial charge in [0.1, 0.15) is 5.82 Å². The molecule has 1 aromatic carbocycles. The molecule has 1 aromatic rings. The van der Waals surface area contributed by atoms with E-state index >= 15 is 0 Å². The number of amides is 1. The first kappa shape index (κ1) is 13.9. The van der Waals surface area contributed by atoms with Crippen LogP contribution in [-0.4, -0.2) is 26.0 Å². The van der Waals surface area contributed by atoms with Gasteiger partial charge in [-0.25, -0.2) is 4.39 Å². The van der Waals surface area contributed by atoms with E-state index < -0.39 is 11.7 Å². The van der Waals surface area contributed by atoms with Gasteiger partial charge in [0, 0.05) is 11.6 Å². The van der Waals surface area contributed by atoms with Crippen molar-refractivity contribution in [1.82, 2.24) is 10.6 Å². The van der Waals surface area contributed by atoms with Gasteiger partial charge in [-0.1, -0.05) is 18.5 Å². The molecule has 2 N–H and O–H groups in total. The molecule has 0 spiro atoms. The van der Waals surface area contributed by atoms with E-state index in [4.69, 9.17) is 11.6 Å². The first-order chi connectivity index (χ1) is 8.04. The van der Waals surface area contributed by atoms with Crippen LogP contribution in [0, 0.1) is 11.7 Å². The van der Waals surface area contributed by atoms with E-state index in [1.54, 1.807) is 0 Å². The van der Waals surface area contributed by atoms with Crippen molar-refractivity contribution in [2.24, 2.45) is 5.92 Å². The highest BCUT2D eigenvalue weighted by molar-refractivity contribution is 6.30. The third kappa shape index (κ3) is 4.32. The van der Waals surface area contributed by atoms with Crippen LogP contribution in [0.3, 0.4) is 0 Å². The number of carbonyl (C=O) groups is 1. The Morgan fingerprint density at radius 1 is 1.47 bits per heavy atom. The molecule has 0 heterocycles. The fraction of sp³-hybridized carbons (Fsp3) is 0.417.